The molecule has 1 atom stereocenters. The fraction of sp³-hybridized carbons (Fsp3) is 0.250. The van der Waals surface area contributed by atoms with Crippen LogP contribution in [-0.2, 0) is 6.42 Å². The van der Waals surface area contributed by atoms with Gasteiger partial charge in [-0.05, 0) is 18.6 Å². The molecule has 1 aromatic heterocycles. The minimum atomic E-state index is -0.618. The summed E-state index contributed by atoms with van der Waals surface area (Å²) in [4.78, 5) is 6.91. The third-order valence-electron chi connectivity index (χ3n) is 2.65. The Hall–Kier alpha value is -1.75. The van der Waals surface area contributed by atoms with Crippen molar-refractivity contribution in [1.29, 1.82) is 0 Å². The van der Waals surface area contributed by atoms with Crippen molar-refractivity contribution >= 4 is 0 Å². The fourth-order valence-corrected chi connectivity index (χ4v) is 1.69. The molecule has 5 heteroatoms. The van der Waals surface area contributed by atoms with Gasteiger partial charge in [0.05, 0.1) is 0 Å². The first kappa shape index (κ1) is 11.7. The number of aromatic amines is 1. The van der Waals surface area contributed by atoms with E-state index in [4.69, 9.17) is 5.73 Å². The maximum Gasteiger partial charge on any atom is 0.130 e. The first-order valence-electron chi connectivity index (χ1n) is 5.27. The summed E-state index contributed by atoms with van der Waals surface area (Å²) < 4.78 is 26.7. The largest absolute Gasteiger partial charge is 0.349 e. The minimum Gasteiger partial charge on any atom is -0.349 e. The molecule has 0 fully saturated rings. The summed E-state index contributed by atoms with van der Waals surface area (Å²) in [7, 11) is 0. The van der Waals surface area contributed by atoms with E-state index in [9.17, 15) is 8.78 Å². The Bertz CT molecular complexity index is 509. The first-order valence-corrected chi connectivity index (χ1v) is 5.27. The first-order chi connectivity index (χ1) is 8.08. The van der Waals surface area contributed by atoms with Gasteiger partial charge in [0, 0.05) is 36.5 Å². The zero-order valence-corrected chi connectivity index (χ0v) is 9.37. The number of benzene rings is 1. The number of nitrogens with two attached hydrogens (primary N) is 1. The van der Waals surface area contributed by atoms with E-state index in [1.165, 1.54) is 6.07 Å². The van der Waals surface area contributed by atoms with Crippen LogP contribution in [-0.4, -0.2) is 9.97 Å². The topological polar surface area (TPSA) is 54.7 Å². The molecule has 0 bridgehead atoms. The summed E-state index contributed by atoms with van der Waals surface area (Å²) in [6, 6.07) is 1.77. The van der Waals surface area contributed by atoms with Crippen molar-refractivity contribution in [3.63, 3.8) is 0 Å². The lowest BCUT2D eigenvalue weighted by Crippen LogP contribution is -2.16. The molecule has 1 unspecified atom stereocenters. The van der Waals surface area contributed by atoms with Gasteiger partial charge in [-0.2, -0.15) is 0 Å². The number of aromatic nitrogens is 2. The van der Waals surface area contributed by atoms with Gasteiger partial charge in [-0.1, -0.05) is 0 Å². The Morgan fingerprint density at radius 1 is 1.35 bits per heavy atom. The average Bonchev–Trinajstić information content (AvgIpc) is 2.76. The number of rotatable bonds is 3. The van der Waals surface area contributed by atoms with Crippen LogP contribution in [0.4, 0.5) is 8.78 Å². The van der Waals surface area contributed by atoms with Crippen molar-refractivity contribution in [3.05, 3.63) is 53.1 Å². The van der Waals surface area contributed by atoms with Gasteiger partial charge in [-0.3, -0.25) is 0 Å². The molecule has 0 saturated carbocycles. The summed E-state index contributed by atoms with van der Waals surface area (Å²) in [5, 5.41) is 0. The van der Waals surface area contributed by atoms with Gasteiger partial charge >= 0.3 is 0 Å². The van der Waals surface area contributed by atoms with E-state index in [1.54, 1.807) is 19.3 Å². The monoisotopic (exact) mass is 237 g/mol. The van der Waals surface area contributed by atoms with Crippen molar-refractivity contribution in [1.82, 2.24) is 9.97 Å². The molecule has 90 valence electrons. The second-order valence-corrected chi connectivity index (χ2v) is 3.97. The molecule has 0 radical (unpaired) electrons. The van der Waals surface area contributed by atoms with Gasteiger partial charge in [0.1, 0.15) is 17.5 Å². The highest BCUT2D eigenvalue weighted by Gasteiger charge is 2.15. The highest BCUT2D eigenvalue weighted by Crippen LogP contribution is 2.21. The molecule has 0 spiro atoms. The van der Waals surface area contributed by atoms with Crippen LogP contribution in [0.3, 0.4) is 0 Å². The zero-order valence-electron chi connectivity index (χ0n) is 9.37. The van der Waals surface area contributed by atoms with Crippen LogP contribution in [0.2, 0.25) is 0 Å². The Balaban J connectivity index is 2.24. The van der Waals surface area contributed by atoms with E-state index >= 15 is 0 Å². The molecule has 0 aliphatic rings. The summed E-state index contributed by atoms with van der Waals surface area (Å²) in [6.45, 7) is 1.58. The number of nitrogens with zero attached hydrogens (tertiary/aromatic N) is 1. The van der Waals surface area contributed by atoms with Crippen molar-refractivity contribution in [2.45, 2.75) is 19.4 Å². The molecule has 2 rings (SSSR count). The number of hydrogen-bond donors (Lipinski definition) is 2. The van der Waals surface area contributed by atoms with Crippen molar-refractivity contribution < 1.29 is 8.78 Å². The van der Waals surface area contributed by atoms with Gasteiger partial charge in [-0.15, -0.1) is 0 Å². The zero-order chi connectivity index (χ0) is 12.4. The highest BCUT2D eigenvalue weighted by atomic mass is 19.1. The molecule has 0 amide bonds. The number of nitrogens with one attached hydrogen (secondary N) is 1. The summed E-state index contributed by atoms with van der Waals surface area (Å²) >= 11 is 0. The quantitative estimate of drug-likeness (QED) is 0.860. The van der Waals surface area contributed by atoms with Crippen molar-refractivity contribution in [2.24, 2.45) is 5.73 Å². The normalized spacial score (nSPS) is 12.7. The lowest BCUT2D eigenvalue weighted by molar-refractivity contribution is 0.547. The van der Waals surface area contributed by atoms with E-state index in [-0.39, 0.29) is 0 Å². The van der Waals surface area contributed by atoms with Gasteiger partial charge in [0.15, 0.2) is 0 Å². The molecular formula is C12H13F2N3. The summed E-state index contributed by atoms with van der Waals surface area (Å²) in [5.41, 5.74) is 6.57. The predicted molar refractivity (Wildman–Crippen MR) is 60.3 cm³/mol. The van der Waals surface area contributed by atoms with E-state index in [0.717, 1.165) is 6.07 Å². The van der Waals surface area contributed by atoms with Crippen LogP contribution in [0, 0.1) is 18.6 Å². The lowest BCUT2D eigenvalue weighted by atomic mass is 10.0. The van der Waals surface area contributed by atoms with E-state index < -0.39 is 17.7 Å². The number of aryl methyl sites for hydroxylation is 1. The maximum absolute atomic E-state index is 13.6. The van der Waals surface area contributed by atoms with Crippen LogP contribution in [0.5, 0.6) is 0 Å². The maximum atomic E-state index is 13.6. The standard InChI is InChI=1S/C12H13F2N3/c1-7-4-8(10(14)5-9(7)13)11(15)6-12-16-2-3-17-12/h2-5,11H,6,15H2,1H3,(H,16,17). The molecule has 2 aromatic rings. The number of imidazole rings is 1. The second-order valence-electron chi connectivity index (χ2n) is 3.97. The van der Waals surface area contributed by atoms with E-state index in [1.807, 2.05) is 0 Å². The Kier molecular flexibility index (Phi) is 3.19. The van der Waals surface area contributed by atoms with Crippen LogP contribution < -0.4 is 5.73 Å². The van der Waals surface area contributed by atoms with E-state index in [0.29, 0.717) is 23.4 Å². The second kappa shape index (κ2) is 4.63. The van der Waals surface area contributed by atoms with Gasteiger partial charge in [0.2, 0.25) is 0 Å². The minimum absolute atomic E-state index is 0.306. The Morgan fingerprint density at radius 3 is 2.76 bits per heavy atom. The summed E-state index contributed by atoms with van der Waals surface area (Å²) in [5.74, 6) is -0.498. The SMILES string of the molecule is Cc1cc(C(N)Cc2ncc[nH]2)c(F)cc1F. The van der Waals surface area contributed by atoms with Crippen LogP contribution in [0.15, 0.2) is 24.5 Å². The average molecular weight is 237 g/mol. The molecule has 3 nitrogen and oxygen atoms in total. The van der Waals surface area contributed by atoms with E-state index in [2.05, 4.69) is 9.97 Å². The highest BCUT2D eigenvalue weighted by molar-refractivity contribution is 5.28. The Labute approximate surface area is 97.7 Å². The van der Waals surface area contributed by atoms with Crippen LogP contribution in [0.25, 0.3) is 0 Å². The molecule has 0 aliphatic heterocycles. The smallest absolute Gasteiger partial charge is 0.130 e. The lowest BCUT2D eigenvalue weighted by Gasteiger charge is -2.12. The molecule has 1 heterocycles. The van der Waals surface area contributed by atoms with Crippen molar-refractivity contribution in [2.75, 3.05) is 0 Å². The third kappa shape index (κ3) is 2.50. The molecule has 3 N–H and O–H groups in total. The van der Waals surface area contributed by atoms with Crippen molar-refractivity contribution in [3.8, 4) is 0 Å². The summed E-state index contributed by atoms with van der Waals surface area (Å²) in [6.07, 6.45) is 3.66. The van der Waals surface area contributed by atoms with Gasteiger partial charge in [-0.25, -0.2) is 13.8 Å². The predicted octanol–water partition coefficient (Wildman–Crippen LogP) is 2.24. The van der Waals surface area contributed by atoms with Gasteiger partial charge in [0.25, 0.3) is 0 Å². The van der Waals surface area contributed by atoms with Gasteiger partial charge < -0.3 is 10.7 Å². The van der Waals surface area contributed by atoms with Crippen LogP contribution in [0.1, 0.15) is 23.0 Å². The number of hydrogen-bond acceptors (Lipinski definition) is 2. The van der Waals surface area contributed by atoms with Crippen LogP contribution >= 0.6 is 0 Å². The third-order valence-corrected chi connectivity index (χ3v) is 2.65. The molecule has 0 saturated heterocycles. The molecule has 1 aromatic carbocycles. The fourth-order valence-electron chi connectivity index (χ4n) is 1.69. The Morgan fingerprint density at radius 2 is 2.12 bits per heavy atom. The number of H-pyrrole nitrogens is 1. The molecule has 17 heavy (non-hydrogen) atoms. The molecule has 0 aliphatic carbocycles. The number of halogens is 2. The molecular weight excluding hydrogens is 224 g/mol.